The molecule has 2 aromatic heterocycles. The molecule has 8 nitrogen and oxygen atoms in total. The summed E-state index contributed by atoms with van der Waals surface area (Å²) in [6.45, 7) is 5.33. The normalized spacial score (nSPS) is 17.7. The summed E-state index contributed by atoms with van der Waals surface area (Å²) in [6.07, 6.45) is 5.72. The summed E-state index contributed by atoms with van der Waals surface area (Å²) in [5, 5.41) is 31.4. The number of phenolic OH excluding ortho intramolecular Hbond substituents is 1. The van der Waals surface area contributed by atoms with Crippen LogP contribution in [0.1, 0.15) is 25.3 Å². The number of aromatic nitrogens is 4. The summed E-state index contributed by atoms with van der Waals surface area (Å²) in [5.41, 5.74) is 1.56. The molecule has 0 saturated carbocycles. The average Bonchev–Trinajstić information content (AvgIpc) is 3.19. The van der Waals surface area contributed by atoms with Crippen molar-refractivity contribution in [3.8, 4) is 23.2 Å². The van der Waals surface area contributed by atoms with Crippen LogP contribution in [-0.4, -0.2) is 55.3 Å². The summed E-state index contributed by atoms with van der Waals surface area (Å²) in [6, 6.07) is 7.06. The fourth-order valence-corrected chi connectivity index (χ4v) is 3.56. The Morgan fingerprint density at radius 2 is 2.26 bits per heavy atom. The summed E-state index contributed by atoms with van der Waals surface area (Å²) in [4.78, 5) is 6.84. The summed E-state index contributed by atoms with van der Waals surface area (Å²) in [5.74, 6) is 1.11. The largest absolute Gasteiger partial charge is 0.507 e. The molecule has 0 spiro atoms. The highest BCUT2D eigenvalue weighted by molar-refractivity contribution is 5.71. The van der Waals surface area contributed by atoms with Crippen LogP contribution in [0.15, 0.2) is 30.6 Å². The quantitative estimate of drug-likeness (QED) is 0.733. The molecule has 0 radical (unpaired) electrons. The van der Waals surface area contributed by atoms with Crippen LogP contribution in [0.5, 0.6) is 5.75 Å². The molecule has 27 heavy (non-hydrogen) atoms. The fourth-order valence-electron chi connectivity index (χ4n) is 3.56. The third-order valence-electron chi connectivity index (χ3n) is 4.99. The van der Waals surface area contributed by atoms with E-state index in [1.807, 2.05) is 6.07 Å². The van der Waals surface area contributed by atoms with Crippen molar-refractivity contribution < 1.29 is 5.11 Å². The van der Waals surface area contributed by atoms with Gasteiger partial charge in [0.1, 0.15) is 5.75 Å². The van der Waals surface area contributed by atoms with Gasteiger partial charge in [-0.15, -0.1) is 10.2 Å². The van der Waals surface area contributed by atoms with Crippen molar-refractivity contribution in [2.24, 2.45) is 0 Å². The first kappa shape index (κ1) is 17.2. The third kappa shape index (κ3) is 3.29. The van der Waals surface area contributed by atoms with Gasteiger partial charge in [0.15, 0.2) is 17.3 Å². The Labute approximate surface area is 157 Å². The molecule has 1 aromatic carbocycles. The number of likely N-dealkylation sites (tertiary alicyclic amines) is 1. The highest BCUT2D eigenvalue weighted by Crippen LogP contribution is 2.30. The Balaban J connectivity index is 1.68. The van der Waals surface area contributed by atoms with E-state index >= 15 is 0 Å². The monoisotopic (exact) mass is 363 g/mol. The number of hydrogen-bond acceptors (Lipinski definition) is 7. The van der Waals surface area contributed by atoms with Crippen LogP contribution in [-0.2, 0) is 0 Å². The Bertz CT molecular complexity index is 1010. The van der Waals surface area contributed by atoms with Gasteiger partial charge in [-0.25, -0.2) is 4.98 Å². The first-order valence-electron chi connectivity index (χ1n) is 9.11. The van der Waals surface area contributed by atoms with Gasteiger partial charge in [0, 0.05) is 25.0 Å². The molecular formula is C19H21N7O. The highest BCUT2D eigenvalue weighted by atomic mass is 16.3. The van der Waals surface area contributed by atoms with Crippen LogP contribution < -0.4 is 5.32 Å². The maximum Gasteiger partial charge on any atom is 0.192 e. The minimum Gasteiger partial charge on any atom is -0.507 e. The number of piperidine rings is 1. The molecule has 1 fully saturated rings. The van der Waals surface area contributed by atoms with E-state index in [1.165, 1.54) is 6.07 Å². The third-order valence-corrected chi connectivity index (χ3v) is 4.99. The van der Waals surface area contributed by atoms with Crippen LogP contribution in [0, 0.1) is 11.3 Å². The molecule has 1 unspecified atom stereocenters. The molecular weight excluding hydrogens is 342 g/mol. The number of phenols is 1. The van der Waals surface area contributed by atoms with Gasteiger partial charge in [-0.05, 0) is 44.1 Å². The molecule has 2 N–H and O–H groups in total. The molecule has 0 amide bonds. The van der Waals surface area contributed by atoms with E-state index in [1.54, 1.807) is 28.9 Å². The van der Waals surface area contributed by atoms with E-state index in [2.05, 4.69) is 32.3 Å². The van der Waals surface area contributed by atoms with Crippen molar-refractivity contribution >= 4 is 11.5 Å². The zero-order valence-corrected chi connectivity index (χ0v) is 15.1. The number of nitriles is 1. The van der Waals surface area contributed by atoms with E-state index in [4.69, 9.17) is 5.26 Å². The Kier molecular flexibility index (Phi) is 4.60. The lowest BCUT2D eigenvalue weighted by atomic mass is 10.1. The van der Waals surface area contributed by atoms with Crippen LogP contribution in [0.25, 0.3) is 17.0 Å². The van der Waals surface area contributed by atoms with Gasteiger partial charge in [-0.3, -0.25) is 4.40 Å². The second-order valence-electron chi connectivity index (χ2n) is 6.71. The molecule has 138 valence electrons. The van der Waals surface area contributed by atoms with E-state index in [-0.39, 0.29) is 5.75 Å². The van der Waals surface area contributed by atoms with Crippen molar-refractivity contribution in [1.29, 1.82) is 5.26 Å². The molecule has 3 aromatic rings. The Morgan fingerprint density at radius 1 is 1.37 bits per heavy atom. The van der Waals surface area contributed by atoms with Crippen molar-refractivity contribution in [3.63, 3.8) is 0 Å². The number of imidazole rings is 1. The number of fused-ring (bicyclic) bond motifs is 1. The second kappa shape index (κ2) is 7.21. The van der Waals surface area contributed by atoms with E-state index < -0.39 is 0 Å². The number of anilines is 1. The zero-order chi connectivity index (χ0) is 18.8. The first-order valence-corrected chi connectivity index (χ1v) is 9.11. The molecule has 0 bridgehead atoms. The number of rotatable bonds is 4. The fraction of sp³-hybridized carbons (Fsp3) is 0.368. The van der Waals surface area contributed by atoms with Crippen LogP contribution >= 0.6 is 0 Å². The topological polar surface area (TPSA) is 102 Å². The van der Waals surface area contributed by atoms with Crippen LogP contribution in [0.3, 0.4) is 0 Å². The average molecular weight is 363 g/mol. The standard InChI is InChI=1S/C19H21N7O/c1-2-25-8-3-4-14(12-25)22-17-19-21-7-9-26(19)18(24-23-17)15-6-5-13(11-20)10-16(15)27/h5-7,9-10,14,27H,2-4,8,12H2,1H3,(H,22,23). The van der Waals surface area contributed by atoms with Crippen LogP contribution in [0.4, 0.5) is 5.82 Å². The number of nitrogens with zero attached hydrogens (tertiary/aromatic N) is 6. The zero-order valence-electron chi connectivity index (χ0n) is 15.1. The van der Waals surface area contributed by atoms with E-state index in [0.717, 1.165) is 32.5 Å². The number of nitrogens with one attached hydrogen (secondary N) is 1. The van der Waals surface area contributed by atoms with E-state index in [0.29, 0.717) is 34.5 Å². The van der Waals surface area contributed by atoms with Gasteiger partial charge < -0.3 is 15.3 Å². The van der Waals surface area contributed by atoms with Crippen molar-refractivity contribution in [2.75, 3.05) is 25.0 Å². The maximum absolute atomic E-state index is 10.3. The lowest BCUT2D eigenvalue weighted by Gasteiger charge is -2.32. The summed E-state index contributed by atoms with van der Waals surface area (Å²) in [7, 11) is 0. The van der Waals surface area contributed by atoms with Crippen LogP contribution in [0.2, 0.25) is 0 Å². The molecule has 1 aliphatic heterocycles. The second-order valence-corrected chi connectivity index (χ2v) is 6.71. The van der Waals surface area contributed by atoms with Gasteiger partial charge in [0.2, 0.25) is 0 Å². The molecule has 0 aliphatic carbocycles. The van der Waals surface area contributed by atoms with Gasteiger partial charge in [-0.1, -0.05) is 6.92 Å². The number of aromatic hydroxyl groups is 1. The number of hydrogen-bond donors (Lipinski definition) is 2. The lowest BCUT2D eigenvalue weighted by Crippen LogP contribution is -2.42. The highest BCUT2D eigenvalue weighted by Gasteiger charge is 2.21. The van der Waals surface area contributed by atoms with Gasteiger partial charge >= 0.3 is 0 Å². The van der Waals surface area contributed by atoms with Crippen molar-refractivity contribution in [3.05, 3.63) is 36.2 Å². The molecule has 1 aliphatic rings. The predicted molar refractivity (Wildman–Crippen MR) is 101 cm³/mol. The smallest absolute Gasteiger partial charge is 0.192 e. The van der Waals surface area contributed by atoms with Gasteiger partial charge in [0.05, 0.1) is 17.2 Å². The minimum atomic E-state index is -0.00933. The molecule has 1 saturated heterocycles. The van der Waals surface area contributed by atoms with Crippen molar-refractivity contribution in [2.45, 2.75) is 25.8 Å². The Morgan fingerprint density at radius 3 is 3.04 bits per heavy atom. The van der Waals surface area contributed by atoms with Gasteiger partial charge in [-0.2, -0.15) is 5.26 Å². The Hall–Kier alpha value is -3.18. The molecule has 3 heterocycles. The SMILES string of the molecule is CCN1CCCC(Nc2nnc(-c3ccc(C#N)cc3O)n3ccnc23)C1. The van der Waals surface area contributed by atoms with Gasteiger partial charge in [0.25, 0.3) is 0 Å². The summed E-state index contributed by atoms with van der Waals surface area (Å²) < 4.78 is 1.80. The minimum absolute atomic E-state index is 0.00933. The van der Waals surface area contributed by atoms with E-state index in [9.17, 15) is 5.11 Å². The first-order chi connectivity index (χ1) is 13.2. The summed E-state index contributed by atoms with van der Waals surface area (Å²) >= 11 is 0. The van der Waals surface area contributed by atoms with Crippen molar-refractivity contribution in [1.82, 2.24) is 24.5 Å². The predicted octanol–water partition coefficient (Wildman–Crippen LogP) is 2.26. The molecule has 8 heteroatoms. The number of likely N-dealkylation sites (N-methyl/N-ethyl adjacent to an activating group) is 1. The molecule has 1 atom stereocenters. The molecule has 4 rings (SSSR count). The number of benzene rings is 1. The maximum atomic E-state index is 10.3. The lowest BCUT2D eigenvalue weighted by molar-refractivity contribution is 0.226.